The molecule has 0 saturated heterocycles. The molecule has 90 valence electrons. The second-order valence-corrected chi connectivity index (χ2v) is 3.95. The highest BCUT2D eigenvalue weighted by molar-refractivity contribution is 6.41. The fourth-order valence-corrected chi connectivity index (χ4v) is 1.40. The predicted octanol–water partition coefficient (Wildman–Crippen LogP) is 1.06. The van der Waals surface area contributed by atoms with Crippen LogP contribution in [0.25, 0.3) is 0 Å². The Hall–Kier alpha value is -0.750. The van der Waals surface area contributed by atoms with Gasteiger partial charge in [0, 0.05) is 13.7 Å². The number of aromatic amines is 1. The molecule has 0 aliphatic rings. The molecule has 1 rings (SSSR count). The number of ether oxygens (including phenoxy) is 1. The van der Waals surface area contributed by atoms with Crippen LogP contribution in [0.1, 0.15) is 10.5 Å². The lowest BCUT2D eigenvalue weighted by molar-refractivity contribution is 0.0609. The highest BCUT2D eigenvalue weighted by Crippen LogP contribution is 2.21. The molecule has 5 nitrogen and oxygen atoms in total. The van der Waals surface area contributed by atoms with Crippen LogP contribution in [0, 0.1) is 0 Å². The van der Waals surface area contributed by atoms with E-state index in [1.807, 2.05) is 0 Å². The molecule has 1 aromatic heterocycles. The van der Waals surface area contributed by atoms with Crippen LogP contribution < -0.4 is 5.32 Å². The Kier molecular flexibility index (Phi) is 5.08. The minimum Gasteiger partial charge on any atom is -0.389 e. The minimum atomic E-state index is -0.741. The van der Waals surface area contributed by atoms with E-state index in [0.717, 1.165) is 0 Å². The Morgan fingerprint density at radius 3 is 2.88 bits per heavy atom. The molecule has 0 spiro atoms. The van der Waals surface area contributed by atoms with Crippen LogP contribution in [0.2, 0.25) is 10.2 Å². The van der Waals surface area contributed by atoms with Gasteiger partial charge >= 0.3 is 0 Å². The van der Waals surface area contributed by atoms with Gasteiger partial charge in [-0.25, -0.2) is 0 Å². The van der Waals surface area contributed by atoms with E-state index in [4.69, 9.17) is 27.9 Å². The highest BCUT2D eigenvalue weighted by atomic mass is 35.5. The van der Waals surface area contributed by atoms with Crippen molar-refractivity contribution in [3.8, 4) is 0 Å². The van der Waals surface area contributed by atoms with Crippen molar-refractivity contribution >= 4 is 29.1 Å². The van der Waals surface area contributed by atoms with Crippen molar-refractivity contribution in [3.05, 3.63) is 21.9 Å². The standard InChI is InChI=1S/C9H12Cl2N2O3/c1-16-4-5(14)3-12-9(15)7-2-6(10)8(11)13-7/h2,5,13-14H,3-4H2,1H3,(H,12,15). The van der Waals surface area contributed by atoms with Gasteiger partial charge in [-0.05, 0) is 6.07 Å². The van der Waals surface area contributed by atoms with E-state index in [2.05, 4.69) is 10.3 Å². The second kappa shape index (κ2) is 6.10. The normalized spacial score (nSPS) is 12.5. The molecule has 0 radical (unpaired) electrons. The molecule has 16 heavy (non-hydrogen) atoms. The van der Waals surface area contributed by atoms with Crippen molar-refractivity contribution in [2.45, 2.75) is 6.10 Å². The summed E-state index contributed by atoms with van der Waals surface area (Å²) in [4.78, 5) is 14.1. The maximum absolute atomic E-state index is 11.5. The lowest BCUT2D eigenvalue weighted by Gasteiger charge is -2.09. The third kappa shape index (κ3) is 3.68. The van der Waals surface area contributed by atoms with Gasteiger partial charge in [0.1, 0.15) is 10.8 Å². The van der Waals surface area contributed by atoms with Gasteiger partial charge in [0.2, 0.25) is 0 Å². The number of aromatic nitrogens is 1. The molecule has 0 bridgehead atoms. The number of aliphatic hydroxyl groups is 1. The predicted molar refractivity (Wildman–Crippen MR) is 61.0 cm³/mol. The molecule has 7 heteroatoms. The SMILES string of the molecule is COCC(O)CNC(=O)c1cc(Cl)c(Cl)[nH]1. The van der Waals surface area contributed by atoms with Crippen molar-refractivity contribution in [2.24, 2.45) is 0 Å². The fourth-order valence-electron chi connectivity index (χ4n) is 1.08. The number of hydrogen-bond acceptors (Lipinski definition) is 3. The van der Waals surface area contributed by atoms with E-state index in [1.165, 1.54) is 13.2 Å². The molecular weight excluding hydrogens is 255 g/mol. The molecule has 0 aromatic carbocycles. The molecule has 0 aliphatic carbocycles. The van der Waals surface area contributed by atoms with Crippen LogP contribution in [0.5, 0.6) is 0 Å². The molecule has 1 aromatic rings. The molecule has 0 fully saturated rings. The number of carbonyl (C=O) groups is 1. The first-order valence-corrected chi connectivity index (χ1v) is 5.29. The van der Waals surface area contributed by atoms with E-state index >= 15 is 0 Å². The topological polar surface area (TPSA) is 74.3 Å². The number of carbonyl (C=O) groups excluding carboxylic acids is 1. The fraction of sp³-hybridized carbons (Fsp3) is 0.444. The zero-order valence-electron chi connectivity index (χ0n) is 8.59. The summed E-state index contributed by atoms with van der Waals surface area (Å²) >= 11 is 11.3. The van der Waals surface area contributed by atoms with Gasteiger partial charge in [0.05, 0.1) is 17.7 Å². The summed E-state index contributed by atoms with van der Waals surface area (Å²) in [5.41, 5.74) is 0.250. The Morgan fingerprint density at radius 2 is 2.38 bits per heavy atom. The zero-order valence-corrected chi connectivity index (χ0v) is 10.1. The monoisotopic (exact) mass is 266 g/mol. The summed E-state index contributed by atoms with van der Waals surface area (Å²) in [5, 5.41) is 12.3. The van der Waals surface area contributed by atoms with Gasteiger partial charge < -0.3 is 20.1 Å². The summed E-state index contributed by atoms with van der Waals surface area (Å²) in [6, 6.07) is 1.42. The second-order valence-electron chi connectivity index (χ2n) is 3.16. The Balaban J connectivity index is 2.46. The third-order valence-electron chi connectivity index (χ3n) is 1.83. The number of aliphatic hydroxyl groups excluding tert-OH is 1. The lowest BCUT2D eigenvalue weighted by atomic mass is 10.3. The van der Waals surface area contributed by atoms with E-state index in [9.17, 15) is 9.90 Å². The maximum Gasteiger partial charge on any atom is 0.267 e. The van der Waals surface area contributed by atoms with E-state index in [0.29, 0.717) is 0 Å². The average molecular weight is 267 g/mol. The van der Waals surface area contributed by atoms with Crippen LogP contribution in [-0.4, -0.2) is 42.4 Å². The molecule has 1 atom stereocenters. The van der Waals surface area contributed by atoms with Crippen molar-refractivity contribution in [1.29, 1.82) is 0 Å². The van der Waals surface area contributed by atoms with E-state index < -0.39 is 6.10 Å². The number of hydrogen-bond donors (Lipinski definition) is 3. The number of H-pyrrole nitrogens is 1. The van der Waals surface area contributed by atoms with Crippen molar-refractivity contribution in [1.82, 2.24) is 10.3 Å². The minimum absolute atomic E-state index is 0.0981. The van der Waals surface area contributed by atoms with Crippen LogP contribution in [-0.2, 0) is 4.74 Å². The van der Waals surface area contributed by atoms with Crippen LogP contribution in [0.4, 0.5) is 0 Å². The largest absolute Gasteiger partial charge is 0.389 e. The Morgan fingerprint density at radius 1 is 1.69 bits per heavy atom. The molecule has 1 unspecified atom stereocenters. The summed E-state index contributed by atoms with van der Waals surface area (Å²) in [7, 11) is 1.47. The first-order chi connectivity index (χ1) is 7.54. The Bertz CT molecular complexity index is 348. The number of rotatable bonds is 5. The summed E-state index contributed by atoms with van der Waals surface area (Å²) in [6.07, 6.45) is -0.741. The summed E-state index contributed by atoms with van der Waals surface area (Å²) in [5.74, 6) is -0.385. The number of nitrogens with one attached hydrogen (secondary N) is 2. The summed E-state index contributed by atoms with van der Waals surface area (Å²) < 4.78 is 4.71. The molecule has 0 saturated carbocycles. The average Bonchev–Trinajstić information content (AvgIpc) is 2.56. The van der Waals surface area contributed by atoms with Gasteiger partial charge in [0.15, 0.2) is 0 Å². The van der Waals surface area contributed by atoms with Gasteiger partial charge in [0.25, 0.3) is 5.91 Å². The van der Waals surface area contributed by atoms with Crippen molar-refractivity contribution in [3.63, 3.8) is 0 Å². The van der Waals surface area contributed by atoms with Gasteiger partial charge in [-0.15, -0.1) is 0 Å². The zero-order chi connectivity index (χ0) is 12.1. The third-order valence-corrected chi connectivity index (χ3v) is 2.52. The Labute approximate surface area is 103 Å². The molecule has 1 heterocycles. The molecule has 3 N–H and O–H groups in total. The summed E-state index contributed by atoms with van der Waals surface area (Å²) in [6.45, 7) is 0.257. The number of amides is 1. The van der Waals surface area contributed by atoms with Crippen LogP contribution in [0.15, 0.2) is 6.07 Å². The number of halogens is 2. The molecule has 0 aliphatic heterocycles. The maximum atomic E-state index is 11.5. The van der Waals surface area contributed by atoms with E-state index in [-0.39, 0.29) is 34.9 Å². The highest BCUT2D eigenvalue weighted by Gasteiger charge is 2.12. The van der Waals surface area contributed by atoms with Gasteiger partial charge in [-0.3, -0.25) is 4.79 Å². The van der Waals surface area contributed by atoms with Gasteiger partial charge in [-0.1, -0.05) is 23.2 Å². The van der Waals surface area contributed by atoms with Crippen LogP contribution in [0.3, 0.4) is 0 Å². The van der Waals surface area contributed by atoms with Crippen molar-refractivity contribution < 1.29 is 14.6 Å². The van der Waals surface area contributed by atoms with Crippen LogP contribution >= 0.6 is 23.2 Å². The van der Waals surface area contributed by atoms with E-state index in [1.54, 1.807) is 0 Å². The van der Waals surface area contributed by atoms with Gasteiger partial charge in [-0.2, -0.15) is 0 Å². The molecule has 1 amide bonds. The molecular formula is C9H12Cl2N2O3. The quantitative estimate of drug-likeness (QED) is 0.746. The number of methoxy groups -OCH3 is 1. The first-order valence-electron chi connectivity index (χ1n) is 4.53. The first kappa shape index (κ1) is 13.3. The van der Waals surface area contributed by atoms with Crippen molar-refractivity contribution in [2.75, 3.05) is 20.3 Å². The smallest absolute Gasteiger partial charge is 0.267 e. The lowest BCUT2D eigenvalue weighted by Crippen LogP contribution is -2.34.